The van der Waals surface area contributed by atoms with Crippen LogP contribution < -0.4 is 15.8 Å². The molecule has 18 heavy (non-hydrogen) atoms. The summed E-state index contributed by atoms with van der Waals surface area (Å²) < 4.78 is 16.7. The molecule has 2 atom stereocenters. The van der Waals surface area contributed by atoms with E-state index in [1.165, 1.54) is 7.11 Å². The lowest BCUT2D eigenvalue weighted by molar-refractivity contribution is -0.115. The molecule has 1 aromatic rings. The van der Waals surface area contributed by atoms with Crippen molar-refractivity contribution in [1.29, 1.82) is 0 Å². The Morgan fingerprint density at radius 2 is 2.22 bits per heavy atom. The van der Waals surface area contributed by atoms with Crippen molar-refractivity contribution in [2.45, 2.75) is 19.1 Å². The number of benzene rings is 1. The third kappa shape index (κ3) is 3.46. The van der Waals surface area contributed by atoms with E-state index < -0.39 is 16.0 Å². The fraction of sp³-hybridized carbons (Fsp3) is 0.417. The molecule has 6 heteroatoms. The fourth-order valence-corrected chi connectivity index (χ4v) is 2.22. The Morgan fingerprint density at radius 3 is 2.78 bits per heavy atom. The number of hydrogen-bond donors (Lipinski definition) is 2. The summed E-state index contributed by atoms with van der Waals surface area (Å²) in [5.74, 6) is 0.661. The Labute approximate surface area is 109 Å². The second-order valence-electron chi connectivity index (χ2n) is 3.76. The minimum atomic E-state index is -1.17. The third-order valence-electron chi connectivity index (χ3n) is 2.53. The number of nitrogens with one attached hydrogen (secondary N) is 1. The van der Waals surface area contributed by atoms with Crippen LogP contribution in [0.15, 0.2) is 18.2 Å². The first-order valence-electron chi connectivity index (χ1n) is 5.61. The Bertz CT molecular complexity index is 463. The van der Waals surface area contributed by atoms with Crippen molar-refractivity contribution in [3.05, 3.63) is 18.2 Å². The molecule has 0 saturated heterocycles. The first kappa shape index (κ1) is 14.5. The van der Waals surface area contributed by atoms with Gasteiger partial charge in [0.05, 0.1) is 12.8 Å². The van der Waals surface area contributed by atoms with Crippen molar-refractivity contribution >= 4 is 28.1 Å². The zero-order chi connectivity index (χ0) is 13.7. The molecule has 100 valence electrons. The first-order chi connectivity index (χ1) is 8.49. The quantitative estimate of drug-likeness (QED) is 0.792. The topological polar surface area (TPSA) is 81.4 Å². The van der Waals surface area contributed by atoms with Crippen LogP contribution in [-0.4, -0.2) is 28.2 Å². The van der Waals surface area contributed by atoms with Gasteiger partial charge in [0.25, 0.3) is 0 Å². The summed E-state index contributed by atoms with van der Waals surface area (Å²) in [7, 11) is 0.335. The van der Waals surface area contributed by atoms with E-state index in [2.05, 4.69) is 5.32 Å². The van der Waals surface area contributed by atoms with Gasteiger partial charge < -0.3 is 15.8 Å². The van der Waals surface area contributed by atoms with Crippen LogP contribution in [0, 0.1) is 0 Å². The van der Waals surface area contributed by atoms with E-state index in [0.29, 0.717) is 22.9 Å². The summed E-state index contributed by atoms with van der Waals surface area (Å²) >= 11 is 0. The number of amides is 1. The van der Waals surface area contributed by atoms with Gasteiger partial charge >= 0.3 is 0 Å². The molecule has 1 amide bonds. The maximum atomic E-state index is 11.9. The summed E-state index contributed by atoms with van der Waals surface area (Å²) in [6.07, 6.45) is 0. The molecule has 0 aliphatic carbocycles. The van der Waals surface area contributed by atoms with Crippen molar-refractivity contribution in [3.8, 4) is 5.75 Å². The van der Waals surface area contributed by atoms with Crippen molar-refractivity contribution in [2.24, 2.45) is 0 Å². The SMILES string of the molecule is CCS(=O)C(C)C(=O)Nc1cc(N)ccc1OC. The fourth-order valence-electron chi connectivity index (χ4n) is 1.43. The van der Waals surface area contributed by atoms with Crippen LogP contribution in [0.2, 0.25) is 0 Å². The lowest BCUT2D eigenvalue weighted by Crippen LogP contribution is -2.30. The number of carbonyl (C=O) groups is 1. The van der Waals surface area contributed by atoms with E-state index in [1.807, 2.05) is 0 Å². The van der Waals surface area contributed by atoms with E-state index in [0.717, 1.165) is 0 Å². The molecule has 0 spiro atoms. The molecule has 3 N–H and O–H groups in total. The molecule has 0 aliphatic rings. The highest BCUT2D eigenvalue weighted by atomic mass is 32.2. The maximum Gasteiger partial charge on any atom is 0.239 e. The number of nitrogens with two attached hydrogens (primary N) is 1. The van der Waals surface area contributed by atoms with Crippen molar-refractivity contribution in [1.82, 2.24) is 0 Å². The predicted octanol–water partition coefficient (Wildman–Crippen LogP) is 1.37. The molecule has 1 aromatic carbocycles. The largest absolute Gasteiger partial charge is 0.495 e. The van der Waals surface area contributed by atoms with Gasteiger partial charge in [-0.2, -0.15) is 0 Å². The maximum absolute atomic E-state index is 11.9. The molecular weight excluding hydrogens is 252 g/mol. The smallest absolute Gasteiger partial charge is 0.239 e. The number of ether oxygens (including phenoxy) is 1. The van der Waals surface area contributed by atoms with Crippen LogP contribution in [-0.2, 0) is 15.6 Å². The molecule has 0 saturated carbocycles. The van der Waals surface area contributed by atoms with Crippen molar-refractivity contribution in [3.63, 3.8) is 0 Å². The summed E-state index contributed by atoms with van der Waals surface area (Å²) in [5, 5.41) is 2.11. The molecule has 0 bridgehead atoms. The normalized spacial score (nSPS) is 13.7. The molecule has 2 unspecified atom stereocenters. The van der Waals surface area contributed by atoms with E-state index in [9.17, 15) is 9.00 Å². The molecule has 0 heterocycles. The van der Waals surface area contributed by atoms with Crippen LogP contribution >= 0.6 is 0 Å². The Kier molecular flexibility index (Phi) is 5.15. The summed E-state index contributed by atoms with van der Waals surface area (Å²) in [4.78, 5) is 11.9. The first-order valence-corrected chi connectivity index (χ1v) is 6.99. The molecule has 0 radical (unpaired) electrons. The van der Waals surface area contributed by atoms with Crippen LogP contribution in [0.5, 0.6) is 5.75 Å². The van der Waals surface area contributed by atoms with Gasteiger partial charge in [-0.3, -0.25) is 9.00 Å². The Morgan fingerprint density at radius 1 is 1.56 bits per heavy atom. The number of carbonyl (C=O) groups excluding carboxylic acids is 1. The van der Waals surface area contributed by atoms with Gasteiger partial charge in [-0.25, -0.2) is 0 Å². The summed E-state index contributed by atoms with van der Waals surface area (Å²) in [5.41, 5.74) is 6.67. The van der Waals surface area contributed by atoms with Crippen LogP contribution in [0.3, 0.4) is 0 Å². The monoisotopic (exact) mass is 270 g/mol. The third-order valence-corrected chi connectivity index (χ3v) is 4.10. The van der Waals surface area contributed by atoms with Crippen LogP contribution in [0.1, 0.15) is 13.8 Å². The predicted molar refractivity (Wildman–Crippen MR) is 74.2 cm³/mol. The van der Waals surface area contributed by atoms with Crippen molar-refractivity contribution < 1.29 is 13.7 Å². The molecule has 0 fully saturated rings. The van der Waals surface area contributed by atoms with E-state index >= 15 is 0 Å². The molecule has 0 aromatic heterocycles. The minimum absolute atomic E-state index is 0.306. The summed E-state index contributed by atoms with van der Waals surface area (Å²) in [6, 6.07) is 4.97. The number of methoxy groups -OCH3 is 1. The molecule has 0 aliphatic heterocycles. The number of rotatable bonds is 5. The van der Waals surface area contributed by atoms with Gasteiger partial charge in [0, 0.05) is 22.2 Å². The van der Waals surface area contributed by atoms with Crippen LogP contribution in [0.4, 0.5) is 11.4 Å². The highest BCUT2D eigenvalue weighted by Crippen LogP contribution is 2.26. The Hall–Kier alpha value is -1.56. The van der Waals surface area contributed by atoms with Gasteiger partial charge in [0.1, 0.15) is 11.0 Å². The highest BCUT2D eigenvalue weighted by Gasteiger charge is 2.19. The van der Waals surface area contributed by atoms with Gasteiger partial charge in [-0.1, -0.05) is 6.92 Å². The zero-order valence-electron chi connectivity index (χ0n) is 10.7. The Balaban J connectivity index is 2.87. The second kappa shape index (κ2) is 6.39. The van der Waals surface area contributed by atoms with E-state index in [4.69, 9.17) is 10.5 Å². The van der Waals surface area contributed by atoms with Crippen LogP contribution in [0.25, 0.3) is 0 Å². The molecular formula is C12H18N2O3S. The minimum Gasteiger partial charge on any atom is -0.495 e. The molecule has 1 rings (SSSR count). The van der Waals surface area contributed by atoms with Gasteiger partial charge in [0.2, 0.25) is 5.91 Å². The highest BCUT2D eigenvalue weighted by molar-refractivity contribution is 7.86. The second-order valence-corrected chi connectivity index (χ2v) is 5.81. The lowest BCUT2D eigenvalue weighted by Gasteiger charge is -2.14. The number of hydrogen-bond acceptors (Lipinski definition) is 4. The van der Waals surface area contributed by atoms with Gasteiger partial charge in [-0.05, 0) is 25.1 Å². The average molecular weight is 270 g/mol. The number of nitrogen functional groups attached to an aromatic ring is 1. The van der Waals surface area contributed by atoms with E-state index in [-0.39, 0.29) is 5.91 Å². The lowest BCUT2D eigenvalue weighted by atomic mass is 10.2. The van der Waals surface area contributed by atoms with Crippen molar-refractivity contribution in [2.75, 3.05) is 23.9 Å². The standard InChI is InChI=1S/C12H18N2O3S/c1-4-18(16)8(2)12(15)14-10-7-9(13)5-6-11(10)17-3/h5-8H,4,13H2,1-3H3,(H,14,15). The zero-order valence-corrected chi connectivity index (χ0v) is 11.5. The number of anilines is 2. The molecule has 5 nitrogen and oxygen atoms in total. The van der Waals surface area contributed by atoms with Gasteiger partial charge in [0.15, 0.2) is 0 Å². The summed E-state index contributed by atoms with van der Waals surface area (Å²) in [6.45, 7) is 3.41. The van der Waals surface area contributed by atoms with Gasteiger partial charge in [-0.15, -0.1) is 0 Å². The van der Waals surface area contributed by atoms with E-state index in [1.54, 1.807) is 32.0 Å². The average Bonchev–Trinajstić information content (AvgIpc) is 2.37.